The summed E-state index contributed by atoms with van der Waals surface area (Å²) in [5.74, 6) is 0. The predicted molar refractivity (Wildman–Crippen MR) is 81.4 cm³/mol. The number of nitrogens with zero attached hydrogens (tertiary/aromatic N) is 2. The van der Waals surface area contributed by atoms with Crippen molar-refractivity contribution in [1.82, 2.24) is 9.88 Å². The van der Waals surface area contributed by atoms with Crippen LogP contribution in [0.3, 0.4) is 0 Å². The highest BCUT2D eigenvalue weighted by molar-refractivity contribution is 5.31. The topological polar surface area (TPSA) is 40.8 Å². The summed E-state index contributed by atoms with van der Waals surface area (Å²) < 4.78 is 2.19. The van der Waals surface area contributed by atoms with E-state index in [-0.39, 0.29) is 0 Å². The number of hydrogen-bond donors (Lipinski definition) is 1. The lowest BCUT2D eigenvalue weighted by atomic mass is 10.1. The Bertz CT molecular complexity index is 575. The fraction of sp³-hybridized carbons (Fsp3) is 0.353. The third-order valence-corrected chi connectivity index (χ3v) is 3.55. The Morgan fingerprint density at radius 2 is 2.00 bits per heavy atom. The molecule has 20 heavy (non-hydrogen) atoms. The van der Waals surface area contributed by atoms with Crippen molar-refractivity contribution < 1.29 is 0 Å². The summed E-state index contributed by atoms with van der Waals surface area (Å²) in [6.45, 7) is 3.05. The molecule has 0 aliphatic rings. The molecule has 0 bridgehead atoms. The lowest BCUT2D eigenvalue weighted by molar-refractivity contribution is 0.540. The Labute approximate surface area is 120 Å². The van der Waals surface area contributed by atoms with Gasteiger partial charge in [-0.05, 0) is 42.8 Å². The van der Waals surface area contributed by atoms with E-state index < -0.39 is 0 Å². The number of rotatable bonds is 6. The molecular weight excluding hydrogens is 246 g/mol. The maximum Gasteiger partial charge on any atom is 0.0991 e. The van der Waals surface area contributed by atoms with Gasteiger partial charge in [-0.2, -0.15) is 5.26 Å². The van der Waals surface area contributed by atoms with E-state index in [0.29, 0.717) is 11.6 Å². The first-order valence-corrected chi connectivity index (χ1v) is 7.08. The Morgan fingerprint density at radius 1 is 1.25 bits per heavy atom. The molecule has 0 amide bonds. The van der Waals surface area contributed by atoms with E-state index in [2.05, 4.69) is 41.3 Å². The van der Waals surface area contributed by atoms with Crippen LogP contribution in [0.5, 0.6) is 0 Å². The molecule has 1 heterocycles. The number of nitriles is 1. The van der Waals surface area contributed by atoms with Crippen molar-refractivity contribution >= 4 is 0 Å². The van der Waals surface area contributed by atoms with E-state index in [9.17, 15) is 0 Å². The molecule has 0 spiro atoms. The standard InChI is InChI=1S/C17H21N3/c1-3-4-17(19-2)16-9-10-20(13-16)12-15-7-5-14(11-18)6-8-15/h5-10,13,17,19H,3-4,12H2,1-2H3. The Hall–Kier alpha value is -2.05. The summed E-state index contributed by atoms with van der Waals surface area (Å²) in [7, 11) is 2.01. The van der Waals surface area contributed by atoms with Gasteiger partial charge in [0.2, 0.25) is 0 Å². The van der Waals surface area contributed by atoms with Gasteiger partial charge >= 0.3 is 0 Å². The lowest BCUT2D eigenvalue weighted by Gasteiger charge is -2.13. The van der Waals surface area contributed by atoms with E-state index in [1.54, 1.807) is 0 Å². The van der Waals surface area contributed by atoms with Crippen molar-refractivity contribution in [1.29, 1.82) is 5.26 Å². The zero-order chi connectivity index (χ0) is 14.4. The van der Waals surface area contributed by atoms with Gasteiger partial charge in [-0.3, -0.25) is 0 Å². The monoisotopic (exact) mass is 267 g/mol. The summed E-state index contributed by atoms with van der Waals surface area (Å²) in [5.41, 5.74) is 3.26. The van der Waals surface area contributed by atoms with Crippen molar-refractivity contribution in [2.24, 2.45) is 0 Å². The van der Waals surface area contributed by atoms with Crippen LogP contribution >= 0.6 is 0 Å². The molecule has 104 valence electrons. The van der Waals surface area contributed by atoms with E-state index >= 15 is 0 Å². The highest BCUT2D eigenvalue weighted by atomic mass is 14.9. The molecule has 0 aliphatic carbocycles. The van der Waals surface area contributed by atoms with Gasteiger partial charge in [0, 0.05) is 25.0 Å². The summed E-state index contributed by atoms with van der Waals surface area (Å²) in [6.07, 6.45) is 6.65. The number of benzene rings is 1. The number of nitrogens with one attached hydrogen (secondary N) is 1. The van der Waals surface area contributed by atoms with Crippen LogP contribution in [0, 0.1) is 11.3 Å². The Morgan fingerprint density at radius 3 is 2.60 bits per heavy atom. The SMILES string of the molecule is CCCC(NC)c1ccn(Cc2ccc(C#N)cc2)c1. The van der Waals surface area contributed by atoms with E-state index in [1.807, 2.05) is 31.3 Å². The van der Waals surface area contributed by atoms with E-state index in [0.717, 1.165) is 13.0 Å². The summed E-state index contributed by atoms with van der Waals surface area (Å²) in [5, 5.41) is 12.2. The van der Waals surface area contributed by atoms with Gasteiger partial charge in [0.1, 0.15) is 0 Å². The zero-order valence-electron chi connectivity index (χ0n) is 12.1. The number of hydrogen-bond acceptors (Lipinski definition) is 2. The van der Waals surface area contributed by atoms with Crippen molar-refractivity contribution in [2.45, 2.75) is 32.4 Å². The number of aromatic nitrogens is 1. The molecule has 0 saturated heterocycles. The molecule has 1 aromatic carbocycles. The first-order valence-electron chi connectivity index (χ1n) is 7.08. The molecule has 2 rings (SSSR count). The van der Waals surface area contributed by atoms with Crippen LogP contribution in [-0.4, -0.2) is 11.6 Å². The molecule has 3 nitrogen and oxygen atoms in total. The third kappa shape index (κ3) is 3.49. The quantitative estimate of drug-likeness (QED) is 0.870. The van der Waals surface area contributed by atoms with Crippen molar-refractivity contribution in [3.05, 3.63) is 59.4 Å². The van der Waals surface area contributed by atoms with Crippen LogP contribution in [-0.2, 0) is 6.54 Å². The van der Waals surface area contributed by atoms with Crippen LogP contribution in [0.2, 0.25) is 0 Å². The molecule has 1 unspecified atom stereocenters. The molecule has 1 N–H and O–H groups in total. The maximum absolute atomic E-state index is 8.80. The van der Waals surface area contributed by atoms with Crippen molar-refractivity contribution in [3.8, 4) is 6.07 Å². The van der Waals surface area contributed by atoms with Gasteiger partial charge in [0.15, 0.2) is 0 Å². The second kappa shape index (κ2) is 6.93. The van der Waals surface area contributed by atoms with Crippen LogP contribution in [0.4, 0.5) is 0 Å². The van der Waals surface area contributed by atoms with Crippen LogP contribution in [0.1, 0.15) is 42.5 Å². The molecule has 0 saturated carbocycles. The fourth-order valence-corrected chi connectivity index (χ4v) is 2.43. The smallest absolute Gasteiger partial charge is 0.0991 e. The van der Waals surface area contributed by atoms with E-state index in [4.69, 9.17) is 5.26 Å². The lowest BCUT2D eigenvalue weighted by Crippen LogP contribution is -2.15. The molecule has 2 aromatic rings. The Balaban J connectivity index is 2.06. The summed E-state index contributed by atoms with van der Waals surface area (Å²) >= 11 is 0. The second-order valence-electron chi connectivity index (χ2n) is 5.06. The zero-order valence-corrected chi connectivity index (χ0v) is 12.1. The first kappa shape index (κ1) is 14.4. The molecule has 0 fully saturated rings. The maximum atomic E-state index is 8.80. The van der Waals surface area contributed by atoms with Crippen LogP contribution in [0.15, 0.2) is 42.7 Å². The highest BCUT2D eigenvalue weighted by Crippen LogP contribution is 2.19. The first-order chi connectivity index (χ1) is 9.76. The van der Waals surface area contributed by atoms with Crippen molar-refractivity contribution in [3.63, 3.8) is 0 Å². The van der Waals surface area contributed by atoms with Crippen LogP contribution < -0.4 is 5.32 Å². The average molecular weight is 267 g/mol. The van der Waals surface area contributed by atoms with Crippen molar-refractivity contribution in [2.75, 3.05) is 7.05 Å². The molecule has 0 aliphatic heterocycles. The molecule has 0 radical (unpaired) electrons. The minimum atomic E-state index is 0.433. The fourth-order valence-electron chi connectivity index (χ4n) is 2.43. The Kier molecular flexibility index (Phi) is 4.97. The summed E-state index contributed by atoms with van der Waals surface area (Å²) in [4.78, 5) is 0. The van der Waals surface area contributed by atoms with Gasteiger partial charge in [0.05, 0.1) is 11.6 Å². The minimum absolute atomic E-state index is 0.433. The highest BCUT2D eigenvalue weighted by Gasteiger charge is 2.09. The van der Waals surface area contributed by atoms with Gasteiger partial charge in [-0.15, -0.1) is 0 Å². The predicted octanol–water partition coefficient (Wildman–Crippen LogP) is 3.47. The largest absolute Gasteiger partial charge is 0.350 e. The third-order valence-electron chi connectivity index (χ3n) is 3.55. The van der Waals surface area contributed by atoms with Crippen LogP contribution in [0.25, 0.3) is 0 Å². The van der Waals surface area contributed by atoms with Gasteiger partial charge in [-0.25, -0.2) is 0 Å². The molecular formula is C17H21N3. The van der Waals surface area contributed by atoms with Gasteiger partial charge in [-0.1, -0.05) is 25.5 Å². The second-order valence-corrected chi connectivity index (χ2v) is 5.06. The molecule has 1 atom stereocenters. The molecule has 1 aromatic heterocycles. The molecule has 3 heteroatoms. The van der Waals surface area contributed by atoms with Gasteiger partial charge in [0.25, 0.3) is 0 Å². The minimum Gasteiger partial charge on any atom is -0.350 e. The van der Waals surface area contributed by atoms with Gasteiger partial charge < -0.3 is 9.88 Å². The van der Waals surface area contributed by atoms with E-state index in [1.165, 1.54) is 17.5 Å². The summed E-state index contributed by atoms with van der Waals surface area (Å²) in [6, 6.07) is 12.5. The normalized spacial score (nSPS) is 12.1. The average Bonchev–Trinajstić information content (AvgIpc) is 2.94.